The zero-order chi connectivity index (χ0) is 19.6. The van der Waals surface area contributed by atoms with Gasteiger partial charge in [-0.3, -0.25) is 4.79 Å². The molecule has 0 aliphatic heterocycles. The van der Waals surface area contributed by atoms with Crippen molar-refractivity contribution in [2.24, 2.45) is 0 Å². The van der Waals surface area contributed by atoms with E-state index in [2.05, 4.69) is 20.8 Å². The van der Waals surface area contributed by atoms with Gasteiger partial charge in [-0.1, -0.05) is 47.6 Å². The monoisotopic (exact) mass is 401 g/mol. The zero-order valence-corrected chi connectivity index (χ0v) is 17.1. The van der Waals surface area contributed by atoms with E-state index in [1.54, 1.807) is 4.68 Å². The number of anilines is 1. The largest absolute Gasteiger partial charge is 0.324 e. The summed E-state index contributed by atoms with van der Waals surface area (Å²) < 4.78 is 1.67. The number of benzene rings is 2. The number of halogens is 1. The van der Waals surface area contributed by atoms with Gasteiger partial charge in [0.15, 0.2) is 0 Å². The molecule has 3 rings (SSSR count). The minimum atomic E-state index is -0.162. The fourth-order valence-electron chi connectivity index (χ4n) is 2.93. The first-order valence-corrected chi connectivity index (χ1v) is 9.77. The number of para-hydroxylation sites is 1. The smallest absolute Gasteiger partial charge is 0.234 e. The van der Waals surface area contributed by atoms with E-state index < -0.39 is 0 Å². The highest BCUT2D eigenvalue weighted by Gasteiger charge is 2.16. The fraction of sp³-hybridized carbons (Fsp3) is 0.263. The number of rotatable bonds is 5. The average molecular weight is 402 g/mol. The van der Waals surface area contributed by atoms with E-state index in [-0.39, 0.29) is 11.7 Å². The van der Waals surface area contributed by atoms with Crippen LogP contribution >= 0.6 is 23.4 Å². The average Bonchev–Trinajstić information content (AvgIpc) is 3.04. The number of thioether (sulfide) groups is 1. The second-order valence-corrected chi connectivity index (χ2v) is 7.74. The van der Waals surface area contributed by atoms with Crippen LogP contribution in [0, 0.1) is 27.7 Å². The van der Waals surface area contributed by atoms with Gasteiger partial charge in [0.25, 0.3) is 0 Å². The third-order valence-electron chi connectivity index (χ3n) is 4.12. The molecule has 0 fully saturated rings. The van der Waals surface area contributed by atoms with E-state index in [1.165, 1.54) is 11.8 Å². The molecule has 1 N–H and O–H groups in total. The van der Waals surface area contributed by atoms with Crippen LogP contribution in [0.5, 0.6) is 0 Å². The standard InChI is InChI=1S/C19H20ClN5OS/c1-11-8-14(4)17(15(20)9-11)21-16(26)10-27-19-22-23-24-25(19)18-12(2)6-5-7-13(18)3/h5-9H,10H2,1-4H3,(H,21,26). The Morgan fingerprint density at radius 2 is 1.85 bits per heavy atom. The molecule has 1 heterocycles. The normalized spacial score (nSPS) is 10.9. The van der Waals surface area contributed by atoms with E-state index >= 15 is 0 Å². The summed E-state index contributed by atoms with van der Waals surface area (Å²) >= 11 is 7.54. The topological polar surface area (TPSA) is 72.7 Å². The van der Waals surface area contributed by atoms with Gasteiger partial charge < -0.3 is 5.32 Å². The van der Waals surface area contributed by atoms with E-state index in [1.807, 2.05) is 58.0 Å². The van der Waals surface area contributed by atoms with E-state index in [9.17, 15) is 4.79 Å². The van der Waals surface area contributed by atoms with Gasteiger partial charge in [0, 0.05) is 0 Å². The van der Waals surface area contributed by atoms with Crippen molar-refractivity contribution in [1.29, 1.82) is 0 Å². The third kappa shape index (κ3) is 4.31. The maximum atomic E-state index is 12.4. The Morgan fingerprint density at radius 3 is 2.52 bits per heavy atom. The van der Waals surface area contributed by atoms with Crippen molar-refractivity contribution < 1.29 is 4.79 Å². The van der Waals surface area contributed by atoms with Crippen molar-refractivity contribution in [3.8, 4) is 5.69 Å². The molecule has 1 amide bonds. The van der Waals surface area contributed by atoms with Crippen molar-refractivity contribution in [2.75, 3.05) is 11.1 Å². The molecule has 8 heteroatoms. The molecule has 0 atom stereocenters. The van der Waals surface area contributed by atoms with Gasteiger partial charge >= 0.3 is 0 Å². The summed E-state index contributed by atoms with van der Waals surface area (Å²) in [5.41, 5.74) is 5.69. The summed E-state index contributed by atoms with van der Waals surface area (Å²) in [6, 6.07) is 9.82. The zero-order valence-electron chi connectivity index (χ0n) is 15.6. The molecule has 0 saturated carbocycles. The number of hydrogen-bond acceptors (Lipinski definition) is 5. The number of tetrazole rings is 1. The summed E-state index contributed by atoms with van der Waals surface area (Å²) in [7, 11) is 0. The van der Waals surface area contributed by atoms with Gasteiger partial charge in [-0.05, 0) is 66.4 Å². The number of aromatic nitrogens is 4. The molecule has 6 nitrogen and oxygen atoms in total. The van der Waals surface area contributed by atoms with Gasteiger partial charge in [-0.15, -0.1) is 5.10 Å². The van der Waals surface area contributed by atoms with Gasteiger partial charge in [0.05, 0.1) is 22.2 Å². The quantitative estimate of drug-likeness (QED) is 0.646. The number of nitrogens with one attached hydrogen (secondary N) is 1. The first kappa shape index (κ1) is 19.4. The summed E-state index contributed by atoms with van der Waals surface area (Å²) in [5, 5.41) is 15.9. The van der Waals surface area contributed by atoms with Gasteiger partial charge in [-0.2, -0.15) is 4.68 Å². The molecular weight excluding hydrogens is 382 g/mol. The number of carbonyl (C=O) groups is 1. The van der Waals surface area contributed by atoms with Crippen molar-refractivity contribution in [3.05, 3.63) is 57.6 Å². The van der Waals surface area contributed by atoms with Crippen molar-refractivity contribution in [3.63, 3.8) is 0 Å². The van der Waals surface area contributed by atoms with Crippen LogP contribution in [0.3, 0.4) is 0 Å². The molecule has 140 valence electrons. The molecule has 0 spiro atoms. The fourth-order valence-corrected chi connectivity index (χ4v) is 3.97. The molecule has 0 saturated heterocycles. The lowest BCUT2D eigenvalue weighted by atomic mass is 10.1. The minimum absolute atomic E-state index is 0.162. The highest BCUT2D eigenvalue weighted by Crippen LogP contribution is 2.28. The van der Waals surface area contributed by atoms with Crippen LogP contribution in [0.15, 0.2) is 35.5 Å². The first-order chi connectivity index (χ1) is 12.9. The predicted octanol–water partition coefficient (Wildman–Crippen LogP) is 4.28. The van der Waals surface area contributed by atoms with E-state index in [4.69, 9.17) is 11.6 Å². The molecule has 2 aromatic carbocycles. The van der Waals surface area contributed by atoms with Crippen LogP contribution in [-0.4, -0.2) is 31.9 Å². The van der Waals surface area contributed by atoms with Crippen LogP contribution < -0.4 is 5.32 Å². The number of aryl methyl sites for hydroxylation is 4. The van der Waals surface area contributed by atoms with Crippen molar-refractivity contribution >= 4 is 35.0 Å². The number of amides is 1. The van der Waals surface area contributed by atoms with Crippen LogP contribution in [0.4, 0.5) is 5.69 Å². The molecule has 0 unspecified atom stereocenters. The Labute approximate surface area is 167 Å². The maximum absolute atomic E-state index is 12.4. The molecular formula is C19H20ClN5OS. The Kier molecular flexibility index (Phi) is 5.82. The molecule has 0 aliphatic rings. The van der Waals surface area contributed by atoms with Gasteiger partial charge in [0.1, 0.15) is 0 Å². The van der Waals surface area contributed by atoms with Crippen LogP contribution in [0.1, 0.15) is 22.3 Å². The van der Waals surface area contributed by atoms with Crippen LogP contribution in [0.2, 0.25) is 5.02 Å². The number of nitrogens with zero attached hydrogens (tertiary/aromatic N) is 4. The van der Waals surface area contributed by atoms with Gasteiger partial charge in [0.2, 0.25) is 11.1 Å². The minimum Gasteiger partial charge on any atom is -0.324 e. The Balaban J connectivity index is 1.74. The Hall–Kier alpha value is -2.38. The van der Waals surface area contributed by atoms with E-state index in [0.717, 1.165) is 27.9 Å². The lowest BCUT2D eigenvalue weighted by Crippen LogP contribution is -2.16. The Bertz CT molecular complexity index is 958. The van der Waals surface area contributed by atoms with Crippen LogP contribution in [0.25, 0.3) is 5.69 Å². The summed E-state index contributed by atoms with van der Waals surface area (Å²) in [6.07, 6.45) is 0. The van der Waals surface area contributed by atoms with E-state index in [0.29, 0.717) is 15.9 Å². The second kappa shape index (κ2) is 8.10. The summed E-state index contributed by atoms with van der Waals surface area (Å²) in [4.78, 5) is 12.4. The third-order valence-corrected chi connectivity index (χ3v) is 5.34. The maximum Gasteiger partial charge on any atom is 0.234 e. The first-order valence-electron chi connectivity index (χ1n) is 8.41. The number of carbonyl (C=O) groups excluding carboxylic acids is 1. The molecule has 0 bridgehead atoms. The van der Waals surface area contributed by atoms with Crippen molar-refractivity contribution in [1.82, 2.24) is 20.2 Å². The molecule has 3 aromatic rings. The predicted molar refractivity (Wildman–Crippen MR) is 109 cm³/mol. The lowest BCUT2D eigenvalue weighted by molar-refractivity contribution is -0.113. The molecule has 27 heavy (non-hydrogen) atoms. The van der Waals surface area contributed by atoms with Crippen LogP contribution in [-0.2, 0) is 4.79 Å². The SMILES string of the molecule is Cc1cc(C)c(NC(=O)CSc2nnnn2-c2c(C)cccc2C)c(Cl)c1. The molecule has 0 aliphatic carbocycles. The van der Waals surface area contributed by atoms with Crippen molar-refractivity contribution in [2.45, 2.75) is 32.9 Å². The molecule has 1 aromatic heterocycles. The van der Waals surface area contributed by atoms with Gasteiger partial charge in [-0.25, -0.2) is 0 Å². The highest BCUT2D eigenvalue weighted by molar-refractivity contribution is 7.99. The summed E-state index contributed by atoms with van der Waals surface area (Å²) in [6.45, 7) is 7.90. The highest BCUT2D eigenvalue weighted by atomic mass is 35.5. The number of hydrogen-bond donors (Lipinski definition) is 1. The summed E-state index contributed by atoms with van der Waals surface area (Å²) in [5.74, 6) is 0.0134. The Morgan fingerprint density at radius 1 is 1.15 bits per heavy atom. The molecule has 0 radical (unpaired) electrons. The second-order valence-electron chi connectivity index (χ2n) is 6.39. The lowest BCUT2D eigenvalue weighted by Gasteiger charge is -2.12.